The van der Waals surface area contributed by atoms with Gasteiger partial charge in [-0.1, -0.05) is 22.9 Å². The van der Waals surface area contributed by atoms with Crippen LogP contribution in [0.4, 0.5) is 18.3 Å². The minimum absolute atomic E-state index is 0.000890. The van der Waals surface area contributed by atoms with Crippen LogP contribution in [0.5, 0.6) is 11.5 Å². The van der Waals surface area contributed by atoms with E-state index in [1.807, 2.05) is 0 Å². The van der Waals surface area contributed by atoms with Crippen molar-refractivity contribution in [2.45, 2.75) is 13.2 Å². The van der Waals surface area contributed by atoms with Crippen molar-refractivity contribution < 1.29 is 31.9 Å². The van der Waals surface area contributed by atoms with Crippen LogP contribution >= 0.6 is 22.9 Å². The fraction of sp³-hybridized carbons (Fsp3) is 0.100. The molecule has 160 valence electrons. The van der Waals surface area contributed by atoms with Gasteiger partial charge in [0.1, 0.15) is 29.7 Å². The molecule has 4 rings (SSSR count). The van der Waals surface area contributed by atoms with Gasteiger partial charge in [-0.2, -0.15) is 8.78 Å². The maximum atomic E-state index is 13.1. The van der Waals surface area contributed by atoms with Crippen LogP contribution in [0.3, 0.4) is 0 Å². The number of carbonyl (C=O) groups is 1. The first-order valence-corrected chi connectivity index (χ1v) is 9.90. The van der Waals surface area contributed by atoms with E-state index < -0.39 is 18.3 Å². The number of furan rings is 1. The lowest BCUT2D eigenvalue weighted by molar-refractivity contribution is -0.0497. The molecule has 0 saturated heterocycles. The first-order chi connectivity index (χ1) is 14.9. The summed E-state index contributed by atoms with van der Waals surface area (Å²) in [5.74, 6) is -0.388. The maximum Gasteiger partial charge on any atom is 0.387 e. The zero-order valence-corrected chi connectivity index (χ0v) is 17.0. The van der Waals surface area contributed by atoms with E-state index in [0.717, 1.165) is 17.4 Å². The third-order valence-corrected chi connectivity index (χ3v) is 5.18. The van der Waals surface area contributed by atoms with Gasteiger partial charge in [-0.05, 0) is 48.5 Å². The number of fused-ring (bicyclic) bond motifs is 1. The quantitative estimate of drug-likeness (QED) is 0.354. The van der Waals surface area contributed by atoms with Crippen LogP contribution in [0.25, 0.3) is 10.2 Å². The second-order valence-electron chi connectivity index (χ2n) is 6.11. The highest BCUT2D eigenvalue weighted by atomic mass is 35.5. The number of halogens is 4. The van der Waals surface area contributed by atoms with Crippen molar-refractivity contribution in [2.24, 2.45) is 0 Å². The van der Waals surface area contributed by atoms with Crippen LogP contribution in [-0.2, 0) is 6.61 Å². The number of benzene rings is 2. The molecule has 4 aromatic rings. The zero-order chi connectivity index (χ0) is 22.0. The molecular formula is C20H12ClF3N2O4S. The van der Waals surface area contributed by atoms with Crippen LogP contribution in [-0.4, -0.2) is 17.5 Å². The molecule has 0 atom stereocenters. The molecule has 0 spiro atoms. The fourth-order valence-corrected chi connectivity index (χ4v) is 3.72. The Morgan fingerprint density at radius 3 is 2.81 bits per heavy atom. The van der Waals surface area contributed by atoms with E-state index in [-0.39, 0.29) is 34.0 Å². The average Bonchev–Trinajstić information content (AvgIpc) is 3.33. The predicted octanol–water partition coefficient (Wildman–Crippen LogP) is 6.11. The summed E-state index contributed by atoms with van der Waals surface area (Å²) in [6.07, 6.45) is 0. The highest BCUT2D eigenvalue weighted by molar-refractivity contribution is 7.22. The molecule has 2 heterocycles. The van der Waals surface area contributed by atoms with Crippen molar-refractivity contribution in [1.82, 2.24) is 4.98 Å². The Bertz CT molecular complexity index is 1240. The van der Waals surface area contributed by atoms with E-state index in [2.05, 4.69) is 15.0 Å². The van der Waals surface area contributed by atoms with E-state index in [4.69, 9.17) is 20.8 Å². The van der Waals surface area contributed by atoms with Gasteiger partial charge in [-0.15, -0.1) is 0 Å². The number of hydrogen-bond donors (Lipinski definition) is 1. The molecule has 0 aliphatic rings. The molecule has 1 amide bonds. The molecule has 1 N–H and O–H groups in total. The van der Waals surface area contributed by atoms with Gasteiger partial charge in [0.25, 0.3) is 5.91 Å². The Hall–Kier alpha value is -3.24. The molecule has 2 aromatic carbocycles. The minimum Gasteiger partial charge on any atom is -0.484 e. The van der Waals surface area contributed by atoms with Gasteiger partial charge >= 0.3 is 6.61 Å². The number of nitrogens with zero attached hydrogens (tertiary/aromatic N) is 1. The Balaban J connectivity index is 1.40. The lowest BCUT2D eigenvalue weighted by Crippen LogP contribution is -2.10. The Labute approximate surface area is 182 Å². The predicted molar refractivity (Wildman–Crippen MR) is 109 cm³/mol. The van der Waals surface area contributed by atoms with E-state index in [0.29, 0.717) is 16.0 Å². The molecule has 31 heavy (non-hydrogen) atoms. The number of carbonyl (C=O) groups excluding carboxylic acids is 1. The molecule has 0 unspecified atom stereocenters. The topological polar surface area (TPSA) is 73.6 Å². The van der Waals surface area contributed by atoms with Crippen molar-refractivity contribution in [1.29, 1.82) is 0 Å². The Morgan fingerprint density at radius 2 is 2.03 bits per heavy atom. The number of aromatic nitrogens is 1. The fourth-order valence-electron chi connectivity index (χ4n) is 2.61. The third kappa shape index (κ3) is 5.09. The molecule has 0 bridgehead atoms. The first-order valence-electron chi connectivity index (χ1n) is 8.71. The lowest BCUT2D eigenvalue weighted by Gasteiger charge is -2.06. The number of thiazole rings is 1. The summed E-state index contributed by atoms with van der Waals surface area (Å²) < 4.78 is 53.6. The molecule has 0 fully saturated rings. The van der Waals surface area contributed by atoms with Gasteiger partial charge < -0.3 is 13.9 Å². The summed E-state index contributed by atoms with van der Waals surface area (Å²) in [7, 11) is 0. The SMILES string of the molecule is O=C(Nc1nc2ccc(OC(F)F)cc2s1)c1ccc(COc2ccc(F)cc2Cl)o1. The number of anilines is 1. The molecule has 6 nitrogen and oxygen atoms in total. The van der Waals surface area contributed by atoms with E-state index in [9.17, 15) is 18.0 Å². The number of rotatable bonds is 7. The summed E-state index contributed by atoms with van der Waals surface area (Å²) in [6.45, 7) is -2.95. The van der Waals surface area contributed by atoms with Gasteiger partial charge in [-0.25, -0.2) is 9.37 Å². The lowest BCUT2D eigenvalue weighted by atomic mass is 10.3. The molecular weight excluding hydrogens is 457 g/mol. The second-order valence-corrected chi connectivity index (χ2v) is 7.55. The number of ether oxygens (including phenoxy) is 2. The van der Waals surface area contributed by atoms with Crippen LogP contribution < -0.4 is 14.8 Å². The zero-order valence-electron chi connectivity index (χ0n) is 15.4. The third-order valence-electron chi connectivity index (χ3n) is 3.95. The summed E-state index contributed by atoms with van der Waals surface area (Å²) in [5.41, 5.74) is 0.520. The smallest absolute Gasteiger partial charge is 0.387 e. The van der Waals surface area contributed by atoms with Crippen molar-refractivity contribution in [3.05, 3.63) is 70.9 Å². The summed E-state index contributed by atoms with van der Waals surface area (Å²) in [4.78, 5) is 16.6. The van der Waals surface area contributed by atoms with Gasteiger partial charge in [0.2, 0.25) is 0 Å². The normalized spacial score (nSPS) is 11.1. The standard InChI is InChI=1S/C20H12ClF3N2O4S/c21-13-7-10(22)1-5-15(13)28-9-12-3-6-16(29-12)18(27)26-20-25-14-4-2-11(30-19(23)24)8-17(14)31-20/h1-8,19H,9H2,(H,25,26,27). The van der Waals surface area contributed by atoms with Crippen molar-refractivity contribution in [2.75, 3.05) is 5.32 Å². The minimum atomic E-state index is -2.93. The molecule has 0 saturated carbocycles. The average molecular weight is 469 g/mol. The van der Waals surface area contributed by atoms with Crippen LogP contribution in [0.2, 0.25) is 5.02 Å². The summed E-state index contributed by atoms with van der Waals surface area (Å²) in [6, 6.07) is 11.0. The van der Waals surface area contributed by atoms with Crippen LogP contribution in [0.1, 0.15) is 16.3 Å². The monoisotopic (exact) mass is 468 g/mol. The highest BCUT2D eigenvalue weighted by Crippen LogP contribution is 2.30. The van der Waals surface area contributed by atoms with Crippen LogP contribution in [0, 0.1) is 5.82 Å². The Morgan fingerprint density at radius 1 is 1.19 bits per heavy atom. The number of hydrogen-bond acceptors (Lipinski definition) is 6. The summed E-state index contributed by atoms with van der Waals surface area (Å²) >= 11 is 7.00. The molecule has 0 radical (unpaired) electrons. The first kappa shape index (κ1) is 21.0. The van der Waals surface area contributed by atoms with Gasteiger partial charge in [-0.3, -0.25) is 10.1 Å². The second kappa shape index (κ2) is 8.86. The largest absolute Gasteiger partial charge is 0.484 e. The number of nitrogens with one attached hydrogen (secondary N) is 1. The van der Waals surface area contributed by atoms with Crippen LogP contribution in [0.15, 0.2) is 52.9 Å². The van der Waals surface area contributed by atoms with Crippen molar-refractivity contribution in [3.8, 4) is 11.5 Å². The van der Waals surface area contributed by atoms with Crippen molar-refractivity contribution >= 4 is 44.2 Å². The van der Waals surface area contributed by atoms with Gasteiger partial charge in [0.05, 0.1) is 15.2 Å². The molecule has 2 aromatic heterocycles. The molecule has 11 heteroatoms. The Kier molecular flexibility index (Phi) is 6.01. The maximum absolute atomic E-state index is 13.1. The number of amides is 1. The van der Waals surface area contributed by atoms with E-state index >= 15 is 0 Å². The van der Waals surface area contributed by atoms with E-state index in [1.54, 1.807) is 6.07 Å². The highest BCUT2D eigenvalue weighted by Gasteiger charge is 2.15. The summed E-state index contributed by atoms with van der Waals surface area (Å²) in [5, 5.41) is 2.97. The molecule has 0 aliphatic carbocycles. The van der Waals surface area contributed by atoms with Crippen molar-refractivity contribution in [3.63, 3.8) is 0 Å². The molecule has 0 aliphatic heterocycles. The van der Waals surface area contributed by atoms with E-state index in [1.165, 1.54) is 36.4 Å². The van der Waals surface area contributed by atoms with Gasteiger partial charge in [0.15, 0.2) is 10.9 Å². The van der Waals surface area contributed by atoms with Gasteiger partial charge in [0, 0.05) is 0 Å². The number of alkyl halides is 2.